The molecule has 1 amide bonds. The van der Waals surface area contributed by atoms with Gasteiger partial charge in [-0.15, -0.1) is 0 Å². The monoisotopic (exact) mass is 273 g/mol. The van der Waals surface area contributed by atoms with E-state index in [9.17, 15) is 4.79 Å². The molecule has 17 heavy (non-hydrogen) atoms. The highest BCUT2D eigenvalue weighted by Crippen LogP contribution is 2.16. The van der Waals surface area contributed by atoms with Crippen molar-refractivity contribution in [2.24, 2.45) is 0 Å². The minimum Gasteiger partial charge on any atom is -0.373 e. The van der Waals surface area contributed by atoms with Gasteiger partial charge in [-0.3, -0.25) is 4.79 Å². The largest absolute Gasteiger partial charge is 0.373 e. The zero-order chi connectivity index (χ0) is 12.8. The van der Waals surface area contributed by atoms with Crippen molar-refractivity contribution in [3.63, 3.8) is 0 Å². The van der Waals surface area contributed by atoms with E-state index in [2.05, 4.69) is 15.6 Å². The van der Waals surface area contributed by atoms with Gasteiger partial charge in [-0.2, -0.15) is 11.8 Å². The number of halogens is 1. The lowest BCUT2D eigenvalue weighted by atomic mass is 10.3. The van der Waals surface area contributed by atoms with Gasteiger partial charge >= 0.3 is 0 Å². The Morgan fingerprint density at radius 2 is 2.29 bits per heavy atom. The highest BCUT2D eigenvalue weighted by Gasteiger charge is 2.15. The average molecular weight is 274 g/mol. The van der Waals surface area contributed by atoms with Crippen molar-refractivity contribution in [1.82, 2.24) is 10.3 Å². The normalized spacial score (nSPS) is 12.0. The topological polar surface area (TPSA) is 54.0 Å². The first-order chi connectivity index (χ1) is 8.08. The molecule has 1 unspecified atom stereocenters. The predicted molar refractivity (Wildman–Crippen MR) is 74.1 cm³/mol. The maximum Gasteiger partial charge on any atom is 0.271 e. The van der Waals surface area contributed by atoms with Crippen LogP contribution in [0.3, 0.4) is 0 Å². The van der Waals surface area contributed by atoms with Gasteiger partial charge < -0.3 is 10.6 Å². The molecule has 0 radical (unpaired) electrons. The third kappa shape index (κ3) is 4.09. The number of rotatable bonds is 5. The number of pyridine rings is 1. The van der Waals surface area contributed by atoms with Crippen molar-refractivity contribution in [3.8, 4) is 0 Å². The molecule has 1 heterocycles. The fourth-order valence-corrected chi connectivity index (χ4v) is 2.10. The Labute approximate surface area is 111 Å². The second-order valence-electron chi connectivity index (χ2n) is 3.61. The quantitative estimate of drug-likeness (QED) is 0.864. The molecule has 2 N–H and O–H groups in total. The molecule has 0 fully saturated rings. The molecule has 1 rings (SSSR count). The fourth-order valence-electron chi connectivity index (χ4n) is 1.32. The number of hydrogen-bond donors (Lipinski definition) is 2. The summed E-state index contributed by atoms with van der Waals surface area (Å²) >= 11 is 7.63. The molecule has 0 aliphatic heterocycles. The van der Waals surface area contributed by atoms with Crippen molar-refractivity contribution < 1.29 is 4.79 Å². The molecule has 0 saturated heterocycles. The Morgan fingerprint density at radius 1 is 1.59 bits per heavy atom. The van der Waals surface area contributed by atoms with Crippen molar-refractivity contribution in [2.75, 3.05) is 24.4 Å². The molecule has 0 bridgehead atoms. The van der Waals surface area contributed by atoms with E-state index in [0.717, 1.165) is 5.75 Å². The van der Waals surface area contributed by atoms with Crippen molar-refractivity contribution in [1.29, 1.82) is 0 Å². The number of thioether (sulfide) groups is 1. The van der Waals surface area contributed by atoms with Gasteiger partial charge in [-0.1, -0.05) is 11.6 Å². The number of hydrogen-bond acceptors (Lipinski definition) is 4. The van der Waals surface area contributed by atoms with Crippen molar-refractivity contribution in [3.05, 3.63) is 22.8 Å². The van der Waals surface area contributed by atoms with Gasteiger partial charge in [0.2, 0.25) is 0 Å². The number of nitrogens with one attached hydrogen (secondary N) is 2. The van der Waals surface area contributed by atoms with Crippen LogP contribution < -0.4 is 10.6 Å². The molecule has 1 aromatic rings. The van der Waals surface area contributed by atoms with E-state index in [-0.39, 0.29) is 17.6 Å². The minimum atomic E-state index is -0.242. The van der Waals surface area contributed by atoms with Crippen LogP contribution in [0.4, 0.5) is 5.82 Å². The summed E-state index contributed by atoms with van der Waals surface area (Å²) in [4.78, 5) is 16.1. The summed E-state index contributed by atoms with van der Waals surface area (Å²) in [6.07, 6.45) is 2.00. The van der Waals surface area contributed by atoms with E-state index in [0.29, 0.717) is 10.8 Å². The Bertz CT molecular complexity index is 400. The van der Waals surface area contributed by atoms with E-state index in [1.165, 1.54) is 0 Å². The number of aromatic nitrogens is 1. The highest BCUT2D eigenvalue weighted by atomic mass is 35.5. The van der Waals surface area contributed by atoms with E-state index in [1.54, 1.807) is 30.9 Å². The van der Waals surface area contributed by atoms with E-state index in [4.69, 9.17) is 11.6 Å². The van der Waals surface area contributed by atoms with Crippen LogP contribution >= 0.6 is 23.4 Å². The van der Waals surface area contributed by atoms with Crippen LogP contribution in [-0.4, -0.2) is 36.0 Å². The number of amides is 1. The standard InChI is InChI=1S/C11H16ClN3OS/c1-7(6-17-3)14-11(16)10-8(12)4-5-9(13-2)15-10/h4-5,7H,6H2,1-3H3,(H,13,15)(H,14,16). The number of anilines is 1. The summed E-state index contributed by atoms with van der Waals surface area (Å²) < 4.78 is 0. The molecular formula is C11H16ClN3OS. The van der Waals surface area contributed by atoms with Gasteiger partial charge in [0.25, 0.3) is 5.91 Å². The lowest BCUT2D eigenvalue weighted by Gasteiger charge is -2.13. The molecule has 94 valence electrons. The average Bonchev–Trinajstić information content (AvgIpc) is 2.29. The van der Waals surface area contributed by atoms with Crippen LogP contribution in [0.1, 0.15) is 17.4 Å². The number of carbonyl (C=O) groups excluding carboxylic acids is 1. The molecule has 6 heteroatoms. The van der Waals surface area contributed by atoms with E-state index >= 15 is 0 Å². The Hall–Kier alpha value is -0.940. The zero-order valence-corrected chi connectivity index (χ0v) is 11.7. The van der Waals surface area contributed by atoms with Crippen LogP contribution in [0.25, 0.3) is 0 Å². The molecule has 0 saturated carbocycles. The molecule has 4 nitrogen and oxygen atoms in total. The van der Waals surface area contributed by atoms with Gasteiger partial charge in [0, 0.05) is 18.8 Å². The van der Waals surface area contributed by atoms with Gasteiger partial charge in [0.15, 0.2) is 0 Å². The Morgan fingerprint density at radius 3 is 2.88 bits per heavy atom. The molecule has 1 aromatic heterocycles. The molecule has 0 aliphatic carbocycles. The molecule has 1 atom stereocenters. The summed E-state index contributed by atoms with van der Waals surface area (Å²) in [7, 11) is 1.74. The summed E-state index contributed by atoms with van der Waals surface area (Å²) in [6, 6.07) is 3.48. The highest BCUT2D eigenvalue weighted by molar-refractivity contribution is 7.98. The Balaban J connectivity index is 2.80. The van der Waals surface area contributed by atoms with E-state index < -0.39 is 0 Å². The molecular weight excluding hydrogens is 258 g/mol. The lowest BCUT2D eigenvalue weighted by Crippen LogP contribution is -2.35. The zero-order valence-electron chi connectivity index (χ0n) is 10.1. The molecule has 0 spiro atoms. The second kappa shape index (κ2) is 6.71. The SMILES string of the molecule is CNc1ccc(Cl)c(C(=O)NC(C)CSC)n1. The van der Waals surface area contributed by atoms with Crippen LogP contribution in [0.15, 0.2) is 12.1 Å². The van der Waals surface area contributed by atoms with Crippen LogP contribution in [0.5, 0.6) is 0 Å². The van der Waals surface area contributed by atoms with Crippen LogP contribution in [-0.2, 0) is 0 Å². The van der Waals surface area contributed by atoms with Crippen LogP contribution in [0, 0.1) is 0 Å². The first-order valence-corrected chi connectivity index (χ1v) is 6.99. The molecule has 0 aliphatic rings. The van der Waals surface area contributed by atoms with Crippen molar-refractivity contribution in [2.45, 2.75) is 13.0 Å². The maximum absolute atomic E-state index is 11.9. The van der Waals surface area contributed by atoms with Gasteiger partial charge in [-0.25, -0.2) is 4.98 Å². The second-order valence-corrected chi connectivity index (χ2v) is 4.92. The summed E-state index contributed by atoms with van der Waals surface area (Å²) in [5, 5.41) is 6.09. The van der Waals surface area contributed by atoms with Gasteiger partial charge in [-0.05, 0) is 25.3 Å². The van der Waals surface area contributed by atoms with Gasteiger partial charge in [0.05, 0.1) is 5.02 Å². The van der Waals surface area contributed by atoms with Gasteiger partial charge in [0.1, 0.15) is 11.5 Å². The lowest BCUT2D eigenvalue weighted by molar-refractivity contribution is 0.0939. The van der Waals surface area contributed by atoms with Crippen molar-refractivity contribution >= 4 is 35.1 Å². The smallest absolute Gasteiger partial charge is 0.271 e. The minimum absolute atomic E-state index is 0.0913. The first kappa shape index (κ1) is 14.1. The first-order valence-electron chi connectivity index (χ1n) is 5.22. The number of nitrogens with zero attached hydrogens (tertiary/aromatic N) is 1. The molecule has 0 aromatic carbocycles. The third-order valence-corrected chi connectivity index (χ3v) is 3.25. The third-order valence-electron chi connectivity index (χ3n) is 2.11. The van der Waals surface area contributed by atoms with E-state index in [1.807, 2.05) is 13.2 Å². The number of carbonyl (C=O) groups is 1. The Kier molecular flexibility index (Phi) is 5.58. The summed E-state index contributed by atoms with van der Waals surface area (Å²) in [6.45, 7) is 1.95. The summed E-state index contributed by atoms with van der Waals surface area (Å²) in [5.41, 5.74) is 0.256. The fraction of sp³-hybridized carbons (Fsp3) is 0.455. The van der Waals surface area contributed by atoms with Crippen LogP contribution in [0.2, 0.25) is 5.02 Å². The summed E-state index contributed by atoms with van der Waals surface area (Å²) in [5.74, 6) is 1.24. The predicted octanol–water partition coefficient (Wildman–Crippen LogP) is 2.26. The maximum atomic E-state index is 11.9.